The second-order valence-electron chi connectivity index (χ2n) is 1.92. The minimum atomic E-state index is -0.402. The molecule has 0 aliphatic rings. The van der Waals surface area contributed by atoms with Crippen LogP contribution in [0.5, 0.6) is 0 Å². The molecule has 0 heterocycles. The van der Waals surface area contributed by atoms with Gasteiger partial charge in [0.05, 0.1) is 5.38 Å². The van der Waals surface area contributed by atoms with Crippen LogP contribution in [-0.4, -0.2) is 0 Å². The Balaban J connectivity index is 0.000001000. The smallest absolute Gasteiger partial charge is 0.692 e. The maximum Gasteiger partial charge on any atom is 1.00 e. The maximum atomic E-state index is 6.76. The first kappa shape index (κ1) is 10.7. The minimum Gasteiger partial charge on any atom is -0.692 e. The van der Waals surface area contributed by atoms with E-state index in [0.29, 0.717) is 0 Å². The van der Waals surface area contributed by atoms with Crippen molar-refractivity contribution >= 4 is 11.6 Å². The van der Waals surface area contributed by atoms with Crippen molar-refractivity contribution in [2.45, 2.75) is 5.38 Å². The largest absolute Gasteiger partial charge is 1.00 e. The van der Waals surface area contributed by atoms with Crippen LogP contribution in [0.3, 0.4) is 0 Å². The van der Waals surface area contributed by atoms with E-state index >= 15 is 0 Å². The first-order valence-electron chi connectivity index (χ1n) is 2.96. The Kier molecular flexibility index (Phi) is 5.17. The van der Waals surface area contributed by atoms with Gasteiger partial charge in [-0.2, -0.15) is 0 Å². The normalized spacial score (nSPS) is 10.9. The summed E-state index contributed by atoms with van der Waals surface area (Å²) in [4.78, 5) is 0. The molecule has 0 saturated carbocycles. The number of alkyl halides is 1. The van der Waals surface area contributed by atoms with Gasteiger partial charge in [0.25, 0.3) is 0 Å². The Labute approximate surface area is 84.1 Å². The summed E-state index contributed by atoms with van der Waals surface area (Å²) in [7, 11) is 0. The van der Waals surface area contributed by atoms with Crippen molar-refractivity contribution in [2.75, 3.05) is 0 Å². The van der Waals surface area contributed by atoms with Crippen LogP contribution in [0.1, 0.15) is 10.9 Å². The minimum absolute atomic E-state index is 0. The summed E-state index contributed by atoms with van der Waals surface area (Å²) >= 11 is 5.69. The summed E-state index contributed by atoms with van der Waals surface area (Å²) in [6.45, 7) is 0. The van der Waals surface area contributed by atoms with E-state index in [4.69, 9.17) is 18.0 Å². The average molecular weight is 157 g/mol. The van der Waals surface area contributed by atoms with Gasteiger partial charge in [-0.15, -0.1) is 11.6 Å². The van der Waals surface area contributed by atoms with Gasteiger partial charge in [-0.05, 0) is 5.56 Å². The monoisotopic (exact) mass is 156 g/mol. The number of hydrogen-bond acceptors (Lipinski definition) is 0. The summed E-state index contributed by atoms with van der Waals surface area (Å²) in [6.07, 6.45) is 6.76. The number of benzene rings is 1. The van der Waals surface area contributed by atoms with Gasteiger partial charge in [-0.25, -0.2) is 0 Å². The van der Waals surface area contributed by atoms with Crippen LogP contribution < -0.4 is 18.9 Å². The fourth-order valence-corrected chi connectivity index (χ4v) is 0.851. The number of halogens is 1. The molecule has 1 atom stereocenters. The molecule has 1 aromatic rings. The van der Waals surface area contributed by atoms with Gasteiger partial charge in [-0.1, -0.05) is 30.3 Å². The van der Waals surface area contributed by atoms with E-state index in [2.05, 4.69) is 5.92 Å². The predicted molar refractivity (Wildman–Crippen MR) is 42.2 cm³/mol. The van der Waals surface area contributed by atoms with Crippen LogP contribution in [0.4, 0.5) is 0 Å². The molecule has 0 bridgehead atoms. The third kappa shape index (κ3) is 3.04. The quantitative estimate of drug-likeness (QED) is 0.224. The molecule has 0 aromatic heterocycles. The SMILES string of the molecule is [C-]#C[C@H](Cl)c1ccccc1.[Li+]. The molecule has 0 aliphatic heterocycles. The number of hydrogen-bond donors (Lipinski definition) is 0. The van der Waals surface area contributed by atoms with Crippen molar-refractivity contribution in [3.05, 3.63) is 42.3 Å². The molecule has 0 saturated heterocycles. The Morgan fingerprint density at radius 3 is 2.27 bits per heavy atom. The molecular formula is C9H6ClLi. The molecule has 1 rings (SSSR count). The zero-order valence-electron chi connectivity index (χ0n) is 6.34. The molecule has 0 nitrogen and oxygen atoms in total. The molecule has 0 spiro atoms. The van der Waals surface area contributed by atoms with Crippen LogP contribution in [0.2, 0.25) is 0 Å². The zero-order chi connectivity index (χ0) is 7.40. The van der Waals surface area contributed by atoms with E-state index in [9.17, 15) is 0 Å². The van der Waals surface area contributed by atoms with E-state index in [-0.39, 0.29) is 18.9 Å². The van der Waals surface area contributed by atoms with Gasteiger partial charge in [0.15, 0.2) is 0 Å². The zero-order valence-corrected chi connectivity index (χ0v) is 7.10. The second-order valence-corrected chi connectivity index (χ2v) is 2.35. The molecule has 2 heteroatoms. The van der Waals surface area contributed by atoms with Crippen molar-refractivity contribution < 1.29 is 18.9 Å². The Bertz CT molecular complexity index is 237. The van der Waals surface area contributed by atoms with Crippen LogP contribution in [0.15, 0.2) is 30.3 Å². The van der Waals surface area contributed by atoms with Crippen LogP contribution >= 0.6 is 11.6 Å². The summed E-state index contributed by atoms with van der Waals surface area (Å²) in [5.41, 5.74) is 0.916. The molecule has 0 fully saturated rings. The Hall–Kier alpha value is -0.333. The number of rotatable bonds is 1. The second kappa shape index (κ2) is 5.34. The van der Waals surface area contributed by atoms with Crippen molar-refractivity contribution in [2.24, 2.45) is 0 Å². The van der Waals surface area contributed by atoms with Gasteiger partial charge in [0.1, 0.15) is 0 Å². The fourth-order valence-electron chi connectivity index (χ4n) is 0.705. The van der Waals surface area contributed by atoms with Gasteiger partial charge in [0.2, 0.25) is 0 Å². The molecule has 0 N–H and O–H groups in total. The first-order chi connectivity index (χ1) is 4.84. The van der Waals surface area contributed by atoms with Gasteiger partial charge >= 0.3 is 18.9 Å². The van der Waals surface area contributed by atoms with E-state index in [1.54, 1.807) is 0 Å². The topological polar surface area (TPSA) is 0 Å². The van der Waals surface area contributed by atoms with Gasteiger partial charge in [0, 0.05) is 0 Å². The summed E-state index contributed by atoms with van der Waals surface area (Å²) in [5, 5.41) is -0.402. The summed E-state index contributed by atoms with van der Waals surface area (Å²) < 4.78 is 0. The van der Waals surface area contributed by atoms with Crippen LogP contribution in [0, 0.1) is 12.3 Å². The molecular weight excluding hydrogens is 150 g/mol. The van der Waals surface area contributed by atoms with Crippen molar-refractivity contribution in [3.8, 4) is 5.92 Å². The molecule has 0 radical (unpaired) electrons. The molecule has 0 unspecified atom stereocenters. The van der Waals surface area contributed by atoms with Gasteiger partial charge in [-0.3, -0.25) is 0 Å². The van der Waals surface area contributed by atoms with Gasteiger partial charge < -0.3 is 12.3 Å². The van der Waals surface area contributed by atoms with Crippen LogP contribution in [-0.2, 0) is 0 Å². The van der Waals surface area contributed by atoms with E-state index < -0.39 is 5.38 Å². The average Bonchev–Trinajstić information content (AvgIpc) is 2.05. The van der Waals surface area contributed by atoms with Crippen LogP contribution in [0.25, 0.3) is 0 Å². The Morgan fingerprint density at radius 1 is 1.27 bits per heavy atom. The van der Waals surface area contributed by atoms with Crippen molar-refractivity contribution in [1.29, 1.82) is 0 Å². The molecule has 1 aromatic carbocycles. The third-order valence-corrected chi connectivity index (χ3v) is 1.58. The summed E-state index contributed by atoms with van der Waals surface area (Å²) in [6, 6.07) is 9.44. The molecule has 11 heavy (non-hydrogen) atoms. The predicted octanol–water partition coefficient (Wildman–Crippen LogP) is -0.440. The summed E-state index contributed by atoms with van der Waals surface area (Å²) in [5.74, 6) is 2.20. The molecule has 0 aliphatic carbocycles. The Morgan fingerprint density at radius 2 is 1.82 bits per heavy atom. The molecule has 50 valence electrons. The van der Waals surface area contributed by atoms with E-state index in [1.165, 1.54) is 0 Å². The molecule has 0 amide bonds. The van der Waals surface area contributed by atoms with Crippen molar-refractivity contribution in [1.82, 2.24) is 0 Å². The van der Waals surface area contributed by atoms with E-state index in [1.807, 2.05) is 30.3 Å². The fraction of sp³-hybridized carbons (Fsp3) is 0.111. The maximum absolute atomic E-state index is 6.76. The van der Waals surface area contributed by atoms with E-state index in [0.717, 1.165) is 5.56 Å². The first-order valence-corrected chi connectivity index (χ1v) is 3.39. The third-order valence-electron chi connectivity index (χ3n) is 1.22. The standard InChI is InChI=1S/C9H6Cl.Li/c1-2-9(10)8-6-4-3-5-7-8;/h3-7,9H;/q-1;+1/t9-;/m0./s1. The van der Waals surface area contributed by atoms with Crippen molar-refractivity contribution in [3.63, 3.8) is 0 Å².